The number of hydrogen-bond donors (Lipinski definition) is 2. The van der Waals surface area contributed by atoms with Gasteiger partial charge in [-0.15, -0.1) is 0 Å². The van der Waals surface area contributed by atoms with Crippen LogP contribution < -0.4 is 5.73 Å². The molecule has 0 saturated heterocycles. The molecule has 0 aliphatic carbocycles. The average Bonchev–Trinajstić information content (AvgIpc) is 2.74. The number of nitrogens with zero attached hydrogens (tertiary/aromatic N) is 2. The molecule has 4 heteroatoms. The molecule has 0 aliphatic heterocycles. The number of rotatable bonds is 3. The van der Waals surface area contributed by atoms with Crippen molar-refractivity contribution in [3.05, 3.63) is 41.7 Å². The predicted molar refractivity (Wildman–Crippen MR) is 67.2 cm³/mol. The van der Waals surface area contributed by atoms with Gasteiger partial charge >= 0.3 is 0 Å². The van der Waals surface area contributed by atoms with Crippen LogP contribution in [-0.2, 0) is 6.54 Å². The van der Waals surface area contributed by atoms with E-state index >= 15 is 0 Å². The second-order valence-corrected chi connectivity index (χ2v) is 4.35. The molecule has 2 aromatic rings. The number of aromatic hydroxyl groups is 1. The van der Waals surface area contributed by atoms with Gasteiger partial charge in [0, 0.05) is 12.2 Å². The fourth-order valence-corrected chi connectivity index (χ4v) is 1.76. The van der Waals surface area contributed by atoms with Gasteiger partial charge in [-0.05, 0) is 36.2 Å². The molecule has 2 rings (SSSR count). The molecule has 1 heterocycles. The standard InChI is InChI=1S/C13H17N3O/c1-9(2)13-7-10(8-14)15-16(13)11-3-5-12(17)6-4-11/h3-7,9,17H,8,14H2,1-2H3. The van der Waals surface area contributed by atoms with E-state index in [2.05, 4.69) is 18.9 Å². The highest BCUT2D eigenvalue weighted by molar-refractivity contribution is 5.38. The SMILES string of the molecule is CC(C)c1cc(CN)nn1-c1ccc(O)cc1. The normalized spacial score (nSPS) is 11.1. The Labute approximate surface area is 101 Å². The lowest BCUT2D eigenvalue weighted by atomic mass is 10.1. The van der Waals surface area contributed by atoms with Gasteiger partial charge < -0.3 is 10.8 Å². The minimum atomic E-state index is 0.256. The van der Waals surface area contributed by atoms with E-state index in [1.807, 2.05) is 22.9 Å². The number of hydrogen-bond acceptors (Lipinski definition) is 3. The third kappa shape index (κ3) is 2.31. The van der Waals surface area contributed by atoms with E-state index in [4.69, 9.17) is 5.73 Å². The molecule has 90 valence electrons. The summed E-state index contributed by atoms with van der Waals surface area (Å²) in [7, 11) is 0. The fraction of sp³-hybridized carbons (Fsp3) is 0.308. The zero-order valence-electron chi connectivity index (χ0n) is 10.1. The van der Waals surface area contributed by atoms with Gasteiger partial charge in [0.25, 0.3) is 0 Å². The van der Waals surface area contributed by atoms with Crippen LogP contribution in [-0.4, -0.2) is 14.9 Å². The van der Waals surface area contributed by atoms with Crippen molar-refractivity contribution >= 4 is 0 Å². The second kappa shape index (κ2) is 4.59. The Balaban J connectivity index is 2.49. The number of benzene rings is 1. The molecule has 1 aromatic carbocycles. The summed E-state index contributed by atoms with van der Waals surface area (Å²) in [6.45, 7) is 4.67. The van der Waals surface area contributed by atoms with E-state index in [0.717, 1.165) is 17.1 Å². The first kappa shape index (κ1) is 11.7. The molecule has 0 fully saturated rings. The molecule has 0 unspecified atom stereocenters. The van der Waals surface area contributed by atoms with Gasteiger partial charge in [-0.25, -0.2) is 4.68 Å². The van der Waals surface area contributed by atoms with Gasteiger partial charge in [0.2, 0.25) is 0 Å². The fourth-order valence-electron chi connectivity index (χ4n) is 1.76. The summed E-state index contributed by atoms with van der Waals surface area (Å²) in [5.74, 6) is 0.627. The zero-order chi connectivity index (χ0) is 12.4. The van der Waals surface area contributed by atoms with Crippen molar-refractivity contribution < 1.29 is 5.11 Å². The van der Waals surface area contributed by atoms with Gasteiger partial charge in [0.1, 0.15) is 5.75 Å². The third-order valence-corrected chi connectivity index (χ3v) is 2.68. The van der Waals surface area contributed by atoms with E-state index in [1.165, 1.54) is 0 Å². The summed E-state index contributed by atoms with van der Waals surface area (Å²) in [5, 5.41) is 13.7. The molecule has 0 radical (unpaired) electrons. The first-order valence-corrected chi connectivity index (χ1v) is 5.70. The Bertz CT molecular complexity index is 500. The third-order valence-electron chi connectivity index (χ3n) is 2.68. The van der Waals surface area contributed by atoms with Gasteiger partial charge in [-0.1, -0.05) is 13.8 Å². The van der Waals surface area contributed by atoms with E-state index in [9.17, 15) is 5.11 Å². The summed E-state index contributed by atoms with van der Waals surface area (Å²) < 4.78 is 1.88. The molecule has 0 aliphatic rings. The minimum absolute atomic E-state index is 0.256. The maximum absolute atomic E-state index is 9.28. The molecule has 4 nitrogen and oxygen atoms in total. The highest BCUT2D eigenvalue weighted by Crippen LogP contribution is 2.21. The van der Waals surface area contributed by atoms with E-state index < -0.39 is 0 Å². The highest BCUT2D eigenvalue weighted by Gasteiger charge is 2.11. The number of phenolic OH excluding ortho intramolecular Hbond substituents is 1. The van der Waals surface area contributed by atoms with Crippen LogP contribution in [0.1, 0.15) is 31.2 Å². The number of aromatic nitrogens is 2. The number of phenols is 1. The van der Waals surface area contributed by atoms with E-state index in [0.29, 0.717) is 12.5 Å². The van der Waals surface area contributed by atoms with Crippen LogP contribution in [0, 0.1) is 0 Å². The van der Waals surface area contributed by atoms with Crippen molar-refractivity contribution in [2.75, 3.05) is 0 Å². The van der Waals surface area contributed by atoms with Crippen molar-refractivity contribution in [2.24, 2.45) is 5.73 Å². The molecule has 1 aromatic heterocycles. The van der Waals surface area contributed by atoms with Crippen LogP contribution >= 0.6 is 0 Å². The lowest BCUT2D eigenvalue weighted by Gasteiger charge is -2.09. The van der Waals surface area contributed by atoms with Gasteiger partial charge in [-0.2, -0.15) is 5.10 Å². The molecule has 0 bridgehead atoms. The van der Waals surface area contributed by atoms with Crippen LogP contribution in [0.4, 0.5) is 0 Å². The Hall–Kier alpha value is -1.81. The predicted octanol–water partition coefficient (Wildman–Crippen LogP) is 2.16. The molecule has 3 N–H and O–H groups in total. The molecule has 0 spiro atoms. The average molecular weight is 231 g/mol. The summed E-state index contributed by atoms with van der Waals surface area (Å²) in [6, 6.07) is 9.02. The Morgan fingerprint density at radius 3 is 2.47 bits per heavy atom. The second-order valence-electron chi connectivity index (χ2n) is 4.35. The highest BCUT2D eigenvalue weighted by atomic mass is 16.3. The zero-order valence-corrected chi connectivity index (χ0v) is 10.1. The Morgan fingerprint density at radius 2 is 1.94 bits per heavy atom. The summed E-state index contributed by atoms with van der Waals surface area (Å²) in [5.41, 5.74) is 8.55. The molecular weight excluding hydrogens is 214 g/mol. The smallest absolute Gasteiger partial charge is 0.115 e. The molecule has 0 amide bonds. The molecular formula is C13H17N3O. The van der Waals surface area contributed by atoms with Crippen molar-refractivity contribution in [2.45, 2.75) is 26.3 Å². The maximum Gasteiger partial charge on any atom is 0.115 e. The first-order valence-electron chi connectivity index (χ1n) is 5.70. The molecule has 17 heavy (non-hydrogen) atoms. The van der Waals surface area contributed by atoms with Crippen LogP contribution in [0.15, 0.2) is 30.3 Å². The van der Waals surface area contributed by atoms with Crippen LogP contribution in [0.3, 0.4) is 0 Å². The van der Waals surface area contributed by atoms with Gasteiger partial charge in [0.05, 0.1) is 11.4 Å². The van der Waals surface area contributed by atoms with E-state index in [-0.39, 0.29) is 5.75 Å². The van der Waals surface area contributed by atoms with Crippen LogP contribution in [0.25, 0.3) is 5.69 Å². The Kier molecular flexibility index (Phi) is 3.15. The molecule has 0 saturated carbocycles. The van der Waals surface area contributed by atoms with Crippen molar-refractivity contribution in [3.63, 3.8) is 0 Å². The summed E-state index contributed by atoms with van der Waals surface area (Å²) in [6.07, 6.45) is 0. The van der Waals surface area contributed by atoms with Crippen LogP contribution in [0.5, 0.6) is 5.75 Å². The lowest BCUT2D eigenvalue weighted by molar-refractivity contribution is 0.475. The Morgan fingerprint density at radius 1 is 1.29 bits per heavy atom. The maximum atomic E-state index is 9.28. The topological polar surface area (TPSA) is 64.1 Å². The van der Waals surface area contributed by atoms with E-state index in [1.54, 1.807) is 12.1 Å². The van der Waals surface area contributed by atoms with Crippen molar-refractivity contribution in [1.29, 1.82) is 0 Å². The van der Waals surface area contributed by atoms with Crippen molar-refractivity contribution in [3.8, 4) is 11.4 Å². The van der Waals surface area contributed by atoms with Crippen molar-refractivity contribution in [1.82, 2.24) is 9.78 Å². The van der Waals surface area contributed by atoms with Crippen LogP contribution in [0.2, 0.25) is 0 Å². The minimum Gasteiger partial charge on any atom is -0.508 e. The summed E-state index contributed by atoms with van der Waals surface area (Å²) in [4.78, 5) is 0. The summed E-state index contributed by atoms with van der Waals surface area (Å²) >= 11 is 0. The lowest BCUT2D eigenvalue weighted by Crippen LogP contribution is -2.04. The van der Waals surface area contributed by atoms with Gasteiger partial charge in [0.15, 0.2) is 0 Å². The van der Waals surface area contributed by atoms with Gasteiger partial charge in [-0.3, -0.25) is 0 Å². The largest absolute Gasteiger partial charge is 0.508 e. The number of nitrogens with two attached hydrogens (primary N) is 1. The molecule has 0 atom stereocenters. The quantitative estimate of drug-likeness (QED) is 0.850. The first-order chi connectivity index (χ1) is 8.11. The monoisotopic (exact) mass is 231 g/mol.